The second-order valence-electron chi connectivity index (χ2n) is 7.50. The van der Waals surface area contributed by atoms with Crippen molar-refractivity contribution in [3.63, 3.8) is 0 Å². The van der Waals surface area contributed by atoms with E-state index in [2.05, 4.69) is 20.0 Å². The van der Waals surface area contributed by atoms with Crippen LogP contribution in [0.1, 0.15) is 24.1 Å². The molecule has 0 aliphatic carbocycles. The topological polar surface area (TPSA) is 101 Å². The lowest BCUT2D eigenvalue weighted by Crippen LogP contribution is -2.43. The summed E-state index contributed by atoms with van der Waals surface area (Å²) in [6.45, 7) is 3.12. The molecule has 1 N–H and O–H groups in total. The Bertz CT molecular complexity index is 1130. The number of nitrogens with zero attached hydrogens (tertiary/aromatic N) is 5. The standard InChI is InChI=1S/C22H21N5O3/c1-15-12-19(30-26-15)17-14-24-21(25-20(17)18-5-3-11-29-18)27-9-6-22(28,7-10-27)16-4-2-8-23-13-16/h2-5,8,11-14,28H,6-7,9-10H2,1H3. The number of aliphatic hydroxyl groups is 1. The lowest BCUT2D eigenvalue weighted by Gasteiger charge is -2.38. The van der Waals surface area contributed by atoms with Crippen molar-refractivity contribution in [1.29, 1.82) is 0 Å². The van der Waals surface area contributed by atoms with Gasteiger partial charge in [-0.25, -0.2) is 9.97 Å². The summed E-state index contributed by atoms with van der Waals surface area (Å²) in [4.78, 5) is 15.6. The average molecular weight is 403 g/mol. The van der Waals surface area contributed by atoms with Gasteiger partial charge in [-0.05, 0) is 38.0 Å². The van der Waals surface area contributed by atoms with Crippen molar-refractivity contribution in [2.24, 2.45) is 0 Å². The molecule has 8 heteroatoms. The van der Waals surface area contributed by atoms with Crippen LogP contribution in [-0.4, -0.2) is 38.3 Å². The second kappa shape index (κ2) is 7.38. The van der Waals surface area contributed by atoms with Gasteiger partial charge in [0, 0.05) is 43.3 Å². The van der Waals surface area contributed by atoms with Crippen molar-refractivity contribution in [3.8, 4) is 22.8 Å². The summed E-state index contributed by atoms with van der Waals surface area (Å²) in [5.41, 5.74) is 2.11. The first-order valence-electron chi connectivity index (χ1n) is 9.85. The molecule has 0 aromatic carbocycles. The molecule has 1 saturated heterocycles. The molecule has 4 aromatic rings. The molecule has 0 unspecified atom stereocenters. The van der Waals surface area contributed by atoms with Crippen molar-refractivity contribution < 1.29 is 14.0 Å². The molecule has 5 rings (SSSR count). The van der Waals surface area contributed by atoms with Crippen LogP contribution >= 0.6 is 0 Å². The molecule has 152 valence electrons. The molecule has 4 aromatic heterocycles. The van der Waals surface area contributed by atoms with Gasteiger partial charge in [-0.1, -0.05) is 11.2 Å². The van der Waals surface area contributed by atoms with Crippen LogP contribution in [0.15, 0.2) is 64.1 Å². The highest BCUT2D eigenvalue weighted by Gasteiger charge is 2.35. The Labute approximate surface area is 173 Å². The summed E-state index contributed by atoms with van der Waals surface area (Å²) in [7, 11) is 0. The Morgan fingerprint density at radius 2 is 1.97 bits per heavy atom. The lowest BCUT2D eigenvalue weighted by molar-refractivity contribution is 0.0112. The normalized spacial score (nSPS) is 16.0. The van der Waals surface area contributed by atoms with E-state index in [0.717, 1.165) is 16.8 Å². The highest BCUT2D eigenvalue weighted by Crippen LogP contribution is 2.35. The van der Waals surface area contributed by atoms with Crippen molar-refractivity contribution in [3.05, 3.63) is 66.4 Å². The summed E-state index contributed by atoms with van der Waals surface area (Å²) in [5, 5.41) is 15.0. The minimum atomic E-state index is -0.883. The van der Waals surface area contributed by atoms with E-state index in [1.807, 2.05) is 37.3 Å². The van der Waals surface area contributed by atoms with Gasteiger partial charge in [0.25, 0.3) is 0 Å². The molecule has 30 heavy (non-hydrogen) atoms. The first-order chi connectivity index (χ1) is 14.6. The first kappa shape index (κ1) is 18.5. The van der Waals surface area contributed by atoms with Crippen molar-refractivity contribution in [2.75, 3.05) is 18.0 Å². The Balaban J connectivity index is 1.44. The Morgan fingerprint density at radius 1 is 1.10 bits per heavy atom. The second-order valence-corrected chi connectivity index (χ2v) is 7.50. The van der Waals surface area contributed by atoms with E-state index in [-0.39, 0.29) is 0 Å². The fraction of sp³-hybridized carbons (Fsp3) is 0.273. The van der Waals surface area contributed by atoms with E-state index in [1.54, 1.807) is 24.9 Å². The minimum Gasteiger partial charge on any atom is -0.463 e. The van der Waals surface area contributed by atoms with Crippen LogP contribution in [0.3, 0.4) is 0 Å². The molecule has 0 saturated carbocycles. The molecule has 0 bridgehead atoms. The average Bonchev–Trinajstić information content (AvgIpc) is 3.47. The van der Waals surface area contributed by atoms with Crippen LogP contribution in [-0.2, 0) is 5.60 Å². The predicted molar refractivity (Wildman–Crippen MR) is 110 cm³/mol. The molecule has 1 fully saturated rings. The van der Waals surface area contributed by atoms with Crippen LogP contribution < -0.4 is 4.90 Å². The Morgan fingerprint density at radius 3 is 2.63 bits per heavy atom. The number of hydrogen-bond donors (Lipinski definition) is 1. The van der Waals surface area contributed by atoms with Crippen LogP contribution in [0.5, 0.6) is 0 Å². The number of anilines is 1. The Hall–Kier alpha value is -3.52. The van der Waals surface area contributed by atoms with Gasteiger partial charge in [-0.15, -0.1) is 0 Å². The molecule has 1 aliphatic rings. The number of furan rings is 1. The molecular weight excluding hydrogens is 382 g/mol. The SMILES string of the molecule is Cc1cc(-c2cnc(N3CCC(O)(c4cccnc4)CC3)nc2-c2ccco2)on1. The number of aromatic nitrogens is 4. The van der Waals surface area contributed by atoms with Gasteiger partial charge >= 0.3 is 0 Å². The van der Waals surface area contributed by atoms with E-state index in [0.29, 0.717) is 49.1 Å². The number of aryl methyl sites for hydroxylation is 1. The zero-order valence-electron chi connectivity index (χ0n) is 16.5. The highest BCUT2D eigenvalue weighted by molar-refractivity contribution is 5.75. The molecule has 0 radical (unpaired) electrons. The zero-order valence-corrected chi connectivity index (χ0v) is 16.5. The van der Waals surface area contributed by atoms with Crippen LogP contribution in [0.25, 0.3) is 22.8 Å². The number of hydrogen-bond acceptors (Lipinski definition) is 8. The number of piperidine rings is 1. The van der Waals surface area contributed by atoms with Gasteiger partial charge < -0.3 is 18.9 Å². The third-order valence-corrected chi connectivity index (χ3v) is 5.50. The molecule has 0 atom stereocenters. The third kappa shape index (κ3) is 3.35. The van der Waals surface area contributed by atoms with Crippen LogP contribution in [0, 0.1) is 6.92 Å². The summed E-state index contributed by atoms with van der Waals surface area (Å²) in [6, 6.07) is 9.29. The monoisotopic (exact) mass is 403 g/mol. The fourth-order valence-corrected chi connectivity index (χ4v) is 3.80. The van der Waals surface area contributed by atoms with Gasteiger partial charge in [0.05, 0.1) is 23.1 Å². The van der Waals surface area contributed by atoms with Gasteiger partial charge in [-0.3, -0.25) is 4.98 Å². The molecule has 0 amide bonds. The van der Waals surface area contributed by atoms with Crippen molar-refractivity contribution in [1.82, 2.24) is 20.1 Å². The largest absolute Gasteiger partial charge is 0.463 e. The van der Waals surface area contributed by atoms with Gasteiger partial charge in [0.15, 0.2) is 11.5 Å². The smallest absolute Gasteiger partial charge is 0.226 e. The van der Waals surface area contributed by atoms with Gasteiger partial charge in [0.1, 0.15) is 5.69 Å². The van der Waals surface area contributed by atoms with E-state index in [4.69, 9.17) is 13.9 Å². The van der Waals surface area contributed by atoms with Crippen LogP contribution in [0.4, 0.5) is 5.95 Å². The minimum absolute atomic E-state index is 0.571. The van der Waals surface area contributed by atoms with Crippen molar-refractivity contribution >= 4 is 5.95 Å². The molecule has 1 aliphatic heterocycles. The van der Waals surface area contributed by atoms with Gasteiger partial charge in [-0.2, -0.15) is 0 Å². The Kier molecular flexibility index (Phi) is 4.55. The summed E-state index contributed by atoms with van der Waals surface area (Å²) in [6.07, 6.45) is 7.94. The fourth-order valence-electron chi connectivity index (χ4n) is 3.80. The number of pyridine rings is 1. The molecule has 5 heterocycles. The van der Waals surface area contributed by atoms with E-state index in [9.17, 15) is 5.11 Å². The lowest BCUT2D eigenvalue weighted by atomic mass is 9.85. The summed E-state index contributed by atoms with van der Waals surface area (Å²) in [5.74, 6) is 1.82. The summed E-state index contributed by atoms with van der Waals surface area (Å²) >= 11 is 0. The first-order valence-corrected chi connectivity index (χ1v) is 9.85. The van der Waals surface area contributed by atoms with Gasteiger partial charge in [0.2, 0.25) is 5.95 Å². The maximum Gasteiger partial charge on any atom is 0.226 e. The molecule has 0 spiro atoms. The molecule has 8 nitrogen and oxygen atoms in total. The van der Waals surface area contributed by atoms with Crippen LogP contribution in [0.2, 0.25) is 0 Å². The quantitative estimate of drug-likeness (QED) is 0.552. The highest BCUT2D eigenvalue weighted by atomic mass is 16.5. The summed E-state index contributed by atoms with van der Waals surface area (Å²) < 4.78 is 11.0. The third-order valence-electron chi connectivity index (χ3n) is 5.50. The van der Waals surface area contributed by atoms with E-state index < -0.39 is 5.60 Å². The molecular formula is C22H21N5O3. The zero-order chi connectivity index (χ0) is 20.6. The maximum absolute atomic E-state index is 11.1. The van der Waals surface area contributed by atoms with E-state index in [1.165, 1.54) is 0 Å². The van der Waals surface area contributed by atoms with E-state index >= 15 is 0 Å². The maximum atomic E-state index is 11.1. The van der Waals surface area contributed by atoms with Crippen molar-refractivity contribution in [2.45, 2.75) is 25.4 Å². The number of rotatable bonds is 4. The predicted octanol–water partition coefficient (Wildman–Crippen LogP) is 3.58.